The Morgan fingerprint density at radius 2 is 2.09 bits per heavy atom. The van der Waals surface area contributed by atoms with Crippen molar-refractivity contribution in [3.8, 4) is 5.75 Å². The van der Waals surface area contributed by atoms with E-state index in [0.29, 0.717) is 24.1 Å². The quantitative estimate of drug-likeness (QED) is 0.114. The maximum Gasteiger partial charge on any atom is 0.312 e. The number of nitro groups is 1. The topological polar surface area (TPSA) is 148 Å². The third kappa shape index (κ3) is 7.04. The van der Waals surface area contributed by atoms with Crippen LogP contribution in [0.15, 0.2) is 59.3 Å². The summed E-state index contributed by atoms with van der Waals surface area (Å²) in [7, 11) is 0. The molecule has 0 atom stereocenters. The number of carbonyl (C=O) groups is 1. The van der Waals surface area contributed by atoms with Gasteiger partial charge in [-0.3, -0.25) is 14.9 Å². The summed E-state index contributed by atoms with van der Waals surface area (Å²) in [5.41, 5.74) is 3.85. The molecular formula is C22H22ClN7O4S. The fraction of sp³-hybridized carbons (Fsp3) is 0.182. The summed E-state index contributed by atoms with van der Waals surface area (Å²) >= 11 is 7.00. The van der Waals surface area contributed by atoms with Crippen molar-refractivity contribution in [3.63, 3.8) is 0 Å². The van der Waals surface area contributed by atoms with Crippen LogP contribution in [0.5, 0.6) is 5.75 Å². The molecule has 0 radical (unpaired) electrons. The molecule has 0 bridgehead atoms. The van der Waals surface area contributed by atoms with Crippen molar-refractivity contribution in [1.82, 2.24) is 20.2 Å². The fourth-order valence-electron chi connectivity index (χ4n) is 2.90. The van der Waals surface area contributed by atoms with Gasteiger partial charge in [-0.1, -0.05) is 47.1 Å². The third-order valence-electron chi connectivity index (χ3n) is 4.61. The Bertz CT molecular complexity index is 1260. The summed E-state index contributed by atoms with van der Waals surface area (Å²) in [4.78, 5) is 22.4. The molecule has 3 aromatic rings. The number of amides is 1. The van der Waals surface area contributed by atoms with Gasteiger partial charge in [0.15, 0.2) is 11.0 Å². The van der Waals surface area contributed by atoms with E-state index in [4.69, 9.17) is 11.6 Å². The molecule has 35 heavy (non-hydrogen) atoms. The van der Waals surface area contributed by atoms with Crippen LogP contribution < -0.4 is 10.7 Å². The van der Waals surface area contributed by atoms with E-state index in [9.17, 15) is 20.0 Å². The van der Waals surface area contributed by atoms with Gasteiger partial charge in [0.2, 0.25) is 5.75 Å². The number of nitrogens with one attached hydrogen (secondary N) is 2. The van der Waals surface area contributed by atoms with Crippen LogP contribution in [-0.2, 0) is 17.9 Å². The Morgan fingerprint density at radius 3 is 2.77 bits per heavy atom. The maximum absolute atomic E-state index is 12.2. The molecular weight excluding hydrogens is 494 g/mol. The molecule has 3 N–H and O–H groups in total. The maximum atomic E-state index is 12.2. The summed E-state index contributed by atoms with van der Waals surface area (Å²) in [6, 6.07) is 10.3. The van der Waals surface area contributed by atoms with Gasteiger partial charge < -0.3 is 15.0 Å². The highest BCUT2D eigenvalue weighted by atomic mass is 35.5. The van der Waals surface area contributed by atoms with E-state index in [-0.39, 0.29) is 16.3 Å². The Kier molecular flexibility index (Phi) is 8.81. The molecule has 1 heterocycles. The Morgan fingerprint density at radius 1 is 1.34 bits per heavy atom. The van der Waals surface area contributed by atoms with Gasteiger partial charge in [0.25, 0.3) is 5.91 Å². The number of benzene rings is 2. The number of carbonyl (C=O) groups excluding carboxylic acids is 1. The molecule has 3 rings (SSSR count). The lowest BCUT2D eigenvalue weighted by atomic mass is 10.2. The molecule has 13 heteroatoms. The molecule has 0 saturated heterocycles. The van der Waals surface area contributed by atoms with Crippen molar-refractivity contribution < 1.29 is 14.8 Å². The van der Waals surface area contributed by atoms with Crippen LogP contribution >= 0.6 is 23.4 Å². The summed E-state index contributed by atoms with van der Waals surface area (Å²) in [5, 5.41) is 36.9. The zero-order chi connectivity index (χ0) is 25.4. The number of aromatic hydroxyl groups is 1. The normalized spacial score (nSPS) is 10.9. The molecule has 0 aliphatic rings. The van der Waals surface area contributed by atoms with Crippen molar-refractivity contribution >= 4 is 46.9 Å². The first kappa shape index (κ1) is 25.7. The van der Waals surface area contributed by atoms with E-state index >= 15 is 0 Å². The van der Waals surface area contributed by atoms with Crippen LogP contribution in [0, 0.1) is 17.0 Å². The molecule has 0 unspecified atom stereocenters. The number of halogens is 1. The Hall–Kier alpha value is -3.90. The highest BCUT2D eigenvalue weighted by Crippen LogP contribution is 2.32. The Labute approximate surface area is 210 Å². The molecule has 1 amide bonds. The minimum Gasteiger partial charge on any atom is -0.502 e. The van der Waals surface area contributed by atoms with Gasteiger partial charge in [-0.05, 0) is 25.1 Å². The minimum atomic E-state index is -0.766. The third-order valence-corrected chi connectivity index (χ3v) is 5.80. The number of anilines is 1. The molecule has 0 spiro atoms. The first-order valence-corrected chi connectivity index (χ1v) is 11.6. The standard InChI is InChI=1S/C22H22ClN7O4S/c1-3-8-29-19(12-24-17-6-4-14(2)5-7-17)26-28-22(29)35-13-20(31)27-25-11-15-9-16(23)10-18(21(15)32)30(33)34/h3-7,9-11,24,32H,1,8,12-13H2,2H3,(H,27,31)/b25-11-. The number of rotatable bonds is 11. The summed E-state index contributed by atoms with van der Waals surface area (Å²) in [6.45, 7) is 6.69. The Balaban J connectivity index is 1.59. The first-order valence-electron chi connectivity index (χ1n) is 10.2. The molecule has 11 nitrogen and oxygen atoms in total. The number of hydrogen-bond donors (Lipinski definition) is 3. The van der Waals surface area contributed by atoms with Gasteiger partial charge in [-0.25, -0.2) is 5.43 Å². The van der Waals surface area contributed by atoms with Gasteiger partial charge in [0.1, 0.15) is 0 Å². The van der Waals surface area contributed by atoms with Crippen molar-refractivity contribution in [1.29, 1.82) is 0 Å². The van der Waals surface area contributed by atoms with Crippen molar-refractivity contribution in [2.24, 2.45) is 5.10 Å². The van der Waals surface area contributed by atoms with Gasteiger partial charge in [0.05, 0.1) is 23.4 Å². The van der Waals surface area contributed by atoms with E-state index < -0.39 is 22.3 Å². The SMILES string of the molecule is C=CCn1c(CNc2ccc(C)cc2)nnc1SCC(=O)N/N=C\c1cc(Cl)cc([N+](=O)[O-])c1O. The molecule has 0 fully saturated rings. The van der Waals surface area contributed by atoms with Crippen LogP contribution in [0.25, 0.3) is 0 Å². The number of thioether (sulfide) groups is 1. The predicted octanol–water partition coefficient (Wildman–Crippen LogP) is 3.89. The first-order chi connectivity index (χ1) is 16.8. The van der Waals surface area contributed by atoms with E-state index in [1.807, 2.05) is 35.8 Å². The van der Waals surface area contributed by atoms with E-state index in [1.54, 1.807) is 6.08 Å². The second kappa shape index (κ2) is 12.0. The lowest BCUT2D eigenvalue weighted by Crippen LogP contribution is -2.20. The lowest BCUT2D eigenvalue weighted by Gasteiger charge is -2.09. The largest absolute Gasteiger partial charge is 0.502 e. The van der Waals surface area contributed by atoms with Crippen LogP contribution in [0.1, 0.15) is 17.0 Å². The van der Waals surface area contributed by atoms with E-state index in [0.717, 1.165) is 23.5 Å². The average molecular weight is 516 g/mol. The van der Waals surface area contributed by atoms with Crippen molar-refractivity contribution in [3.05, 3.63) is 81.1 Å². The van der Waals surface area contributed by atoms with Gasteiger partial charge >= 0.3 is 5.69 Å². The highest BCUT2D eigenvalue weighted by Gasteiger charge is 2.18. The second-order valence-electron chi connectivity index (χ2n) is 7.22. The number of hydrazone groups is 1. The summed E-state index contributed by atoms with van der Waals surface area (Å²) < 4.78 is 1.85. The van der Waals surface area contributed by atoms with Gasteiger partial charge in [0, 0.05) is 28.9 Å². The highest BCUT2D eigenvalue weighted by molar-refractivity contribution is 7.99. The van der Waals surface area contributed by atoms with E-state index in [1.165, 1.54) is 17.8 Å². The van der Waals surface area contributed by atoms with Gasteiger partial charge in [-0.15, -0.1) is 16.8 Å². The molecule has 0 aliphatic heterocycles. The zero-order valence-corrected chi connectivity index (χ0v) is 20.2. The number of nitro benzene ring substituents is 1. The molecule has 2 aromatic carbocycles. The number of allylic oxidation sites excluding steroid dienone is 1. The zero-order valence-electron chi connectivity index (χ0n) is 18.6. The van der Waals surface area contributed by atoms with Gasteiger partial charge in [-0.2, -0.15) is 5.10 Å². The fourth-order valence-corrected chi connectivity index (χ4v) is 3.88. The summed E-state index contributed by atoms with van der Waals surface area (Å²) in [6.07, 6.45) is 2.79. The molecule has 1 aromatic heterocycles. The predicted molar refractivity (Wildman–Crippen MR) is 135 cm³/mol. The van der Waals surface area contributed by atoms with Crippen molar-refractivity contribution in [2.45, 2.75) is 25.2 Å². The molecule has 182 valence electrons. The van der Waals surface area contributed by atoms with Crippen LogP contribution in [0.4, 0.5) is 11.4 Å². The van der Waals surface area contributed by atoms with Crippen LogP contribution in [-0.4, -0.2) is 42.7 Å². The van der Waals surface area contributed by atoms with Crippen molar-refractivity contribution in [2.75, 3.05) is 11.1 Å². The second-order valence-corrected chi connectivity index (χ2v) is 8.60. The number of phenolic OH excluding ortho intramolecular Hbond substituents is 1. The van der Waals surface area contributed by atoms with E-state index in [2.05, 4.69) is 32.6 Å². The molecule has 0 saturated carbocycles. The number of phenols is 1. The summed E-state index contributed by atoms with van der Waals surface area (Å²) in [5.74, 6) is -0.380. The number of hydrogen-bond acceptors (Lipinski definition) is 9. The molecule has 0 aliphatic carbocycles. The monoisotopic (exact) mass is 515 g/mol. The number of nitrogens with zero attached hydrogens (tertiary/aromatic N) is 5. The van der Waals surface area contributed by atoms with Crippen LogP contribution in [0.2, 0.25) is 5.02 Å². The number of aryl methyl sites for hydroxylation is 1. The van der Waals surface area contributed by atoms with Crippen LogP contribution in [0.3, 0.4) is 0 Å². The smallest absolute Gasteiger partial charge is 0.312 e. The lowest BCUT2D eigenvalue weighted by molar-refractivity contribution is -0.385. The number of aromatic nitrogens is 3. The average Bonchev–Trinajstić information content (AvgIpc) is 3.20. The minimum absolute atomic E-state index is 0.00593.